The molecule has 0 aromatic carbocycles. The number of hydrogen-bond donors (Lipinski definition) is 1. The first-order valence-electron chi connectivity index (χ1n) is 4.23. The zero-order chi connectivity index (χ0) is 9.56. The highest BCUT2D eigenvalue weighted by Crippen LogP contribution is 1.98. The molecule has 0 spiro atoms. The summed E-state index contributed by atoms with van der Waals surface area (Å²) < 4.78 is 4.87. The fraction of sp³-hybridized carbons (Fsp3) is 0.667. The molecule has 0 rings (SSSR count). The predicted octanol–water partition coefficient (Wildman–Crippen LogP) is 1.58. The number of ether oxygens (including phenoxy) is 1. The Balaban J connectivity index is 3.88. The standard InChI is InChI=1S/C9H17NO2/c1-4-5-8(10)6-9(11)12-7(2)3/h6-7H,4-5,10H2,1-3H3. The first-order chi connectivity index (χ1) is 5.56. The van der Waals surface area contributed by atoms with E-state index in [1.165, 1.54) is 6.08 Å². The molecule has 0 heterocycles. The molecule has 0 aromatic rings. The van der Waals surface area contributed by atoms with Crippen molar-refractivity contribution in [3.05, 3.63) is 11.8 Å². The second kappa shape index (κ2) is 5.63. The summed E-state index contributed by atoms with van der Waals surface area (Å²) >= 11 is 0. The molecular weight excluding hydrogens is 154 g/mol. The molecule has 3 heteroatoms. The van der Waals surface area contributed by atoms with Gasteiger partial charge in [0.15, 0.2) is 0 Å². The van der Waals surface area contributed by atoms with Crippen molar-refractivity contribution in [1.29, 1.82) is 0 Å². The van der Waals surface area contributed by atoms with Gasteiger partial charge in [-0.25, -0.2) is 4.79 Å². The number of esters is 1. The van der Waals surface area contributed by atoms with E-state index in [4.69, 9.17) is 10.5 Å². The first-order valence-corrected chi connectivity index (χ1v) is 4.23. The number of rotatable bonds is 4. The van der Waals surface area contributed by atoms with Crippen LogP contribution in [0.15, 0.2) is 11.8 Å². The third-order valence-corrected chi connectivity index (χ3v) is 1.19. The fourth-order valence-electron chi connectivity index (χ4n) is 0.779. The molecule has 3 nitrogen and oxygen atoms in total. The summed E-state index contributed by atoms with van der Waals surface area (Å²) in [7, 11) is 0. The minimum absolute atomic E-state index is 0.0804. The molecule has 0 saturated heterocycles. The highest BCUT2D eigenvalue weighted by atomic mass is 16.5. The van der Waals surface area contributed by atoms with Crippen molar-refractivity contribution in [3.8, 4) is 0 Å². The van der Waals surface area contributed by atoms with Gasteiger partial charge in [0.2, 0.25) is 0 Å². The lowest BCUT2D eigenvalue weighted by atomic mass is 10.2. The largest absolute Gasteiger partial charge is 0.460 e. The van der Waals surface area contributed by atoms with E-state index < -0.39 is 0 Å². The van der Waals surface area contributed by atoms with Crippen LogP contribution in [0.25, 0.3) is 0 Å². The topological polar surface area (TPSA) is 52.3 Å². The van der Waals surface area contributed by atoms with Crippen LogP contribution in [-0.4, -0.2) is 12.1 Å². The molecule has 0 radical (unpaired) electrons. The van der Waals surface area contributed by atoms with Gasteiger partial charge in [-0.1, -0.05) is 13.3 Å². The molecule has 2 N–H and O–H groups in total. The van der Waals surface area contributed by atoms with Gasteiger partial charge < -0.3 is 10.5 Å². The van der Waals surface area contributed by atoms with E-state index in [0.717, 1.165) is 12.8 Å². The summed E-state index contributed by atoms with van der Waals surface area (Å²) in [5.74, 6) is -0.351. The van der Waals surface area contributed by atoms with Gasteiger partial charge in [-0.3, -0.25) is 0 Å². The van der Waals surface area contributed by atoms with Crippen molar-refractivity contribution in [2.75, 3.05) is 0 Å². The average Bonchev–Trinajstić information content (AvgIpc) is 1.84. The number of allylic oxidation sites excluding steroid dienone is 1. The quantitative estimate of drug-likeness (QED) is 0.516. The Morgan fingerprint density at radius 2 is 2.17 bits per heavy atom. The molecule has 0 aliphatic rings. The summed E-state index contributed by atoms with van der Waals surface area (Å²) in [5.41, 5.74) is 6.11. The van der Waals surface area contributed by atoms with Gasteiger partial charge in [-0.2, -0.15) is 0 Å². The minimum Gasteiger partial charge on any atom is -0.460 e. The van der Waals surface area contributed by atoms with E-state index in [-0.39, 0.29) is 12.1 Å². The second-order valence-electron chi connectivity index (χ2n) is 2.95. The van der Waals surface area contributed by atoms with E-state index >= 15 is 0 Å². The number of hydrogen-bond acceptors (Lipinski definition) is 3. The maximum absolute atomic E-state index is 11.0. The van der Waals surface area contributed by atoms with Crippen LogP contribution < -0.4 is 5.73 Å². The highest BCUT2D eigenvalue weighted by Gasteiger charge is 2.01. The van der Waals surface area contributed by atoms with Crippen LogP contribution in [0.3, 0.4) is 0 Å². The second-order valence-corrected chi connectivity index (χ2v) is 2.95. The lowest BCUT2D eigenvalue weighted by Crippen LogP contribution is -2.11. The fourth-order valence-corrected chi connectivity index (χ4v) is 0.779. The first kappa shape index (κ1) is 11.0. The van der Waals surface area contributed by atoms with Gasteiger partial charge in [0, 0.05) is 11.8 Å². The van der Waals surface area contributed by atoms with Crippen molar-refractivity contribution < 1.29 is 9.53 Å². The summed E-state index contributed by atoms with van der Waals surface area (Å²) in [6.45, 7) is 5.62. The van der Waals surface area contributed by atoms with Crippen LogP contribution in [0.1, 0.15) is 33.6 Å². The summed E-state index contributed by atoms with van der Waals surface area (Å²) in [6, 6.07) is 0. The Labute approximate surface area is 73.6 Å². The van der Waals surface area contributed by atoms with E-state index in [9.17, 15) is 4.79 Å². The van der Waals surface area contributed by atoms with Crippen LogP contribution in [0, 0.1) is 0 Å². The predicted molar refractivity (Wildman–Crippen MR) is 48.4 cm³/mol. The lowest BCUT2D eigenvalue weighted by molar-refractivity contribution is -0.141. The molecule has 0 aliphatic carbocycles. The third kappa shape index (κ3) is 5.77. The monoisotopic (exact) mass is 171 g/mol. The maximum Gasteiger partial charge on any atom is 0.332 e. The van der Waals surface area contributed by atoms with Gasteiger partial charge >= 0.3 is 5.97 Å². The van der Waals surface area contributed by atoms with Crippen LogP contribution in [0.2, 0.25) is 0 Å². The molecule has 70 valence electrons. The number of nitrogens with two attached hydrogens (primary N) is 1. The van der Waals surface area contributed by atoms with Crippen molar-refractivity contribution in [1.82, 2.24) is 0 Å². The van der Waals surface area contributed by atoms with Crippen LogP contribution in [-0.2, 0) is 9.53 Å². The van der Waals surface area contributed by atoms with E-state index in [1.807, 2.05) is 20.8 Å². The Morgan fingerprint density at radius 1 is 1.58 bits per heavy atom. The van der Waals surface area contributed by atoms with Crippen LogP contribution >= 0.6 is 0 Å². The van der Waals surface area contributed by atoms with E-state index in [1.54, 1.807) is 0 Å². The highest BCUT2D eigenvalue weighted by molar-refractivity contribution is 5.82. The maximum atomic E-state index is 11.0. The molecule has 0 aromatic heterocycles. The Hall–Kier alpha value is -0.990. The molecule has 0 fully saturated rings. The number of carbonyl (C=O) groups is 1. The summed E-state index contributed by atoms with van der Waals surface area (Å²) in [5, 5.41) is 0. The smallest absolute Gasteiger partial charge is 0.332 e. The molecule has 0 aliphatic heterocycles. The SMILES string of the molecule is CCCC(N)=CC(=O)OC(C)C. The van der Waals surface area contributed by atoms with Crippen LogP contribution in [0.4, 0.5) is 0 Å². The van der Waals surface area contributed by atoms with E-state index in [0.29, 0.717) is 5.70 Å². The Kier molecular flexibility index (Phi) is 5.17. The molecule has 0 atom stereocenters. The molecular formula is C9H17NO2. The summed E-state index contributed by atoms with van der Waals surface area (Å²) in [6.07, 6.45) is 2.96. The van der Waals surface area contributed by atoms with Gasteiger partial charge in [-0.15, -0.1) is 0 Å². The average molecular weight is 171 g/mol. The molecule has 0 unspecified atom stereocenters. The summed E-state index contributed by atoms with van der Waals surface area (Å²) in [4.78, 5) is 11.0. The molecule has 0 bridgehead atoms. The lowest BCUT2D eigenvalue weighted by Gasteiger charge is -2.05. The van der Waals surface area contributed by atoms with Gasteiger partial charge in [0.05, 0.1) is 6.10 Å². The van der Waals surface area contributed by atoms with Crippen molar-refractivity contribution in [2.24, 2.45) is 5.73 Å². The van der Waals surface area contributed by atoms with Gasteiger partial charge in [0.1, 0.15) is 0 Å². The van der Waals surface area contributed by atoms with Crippen molar-refractivity contribution in [2.45, 2.75) is 39.7 Å². The van der Waals surface area contributed by atoms with Crippen LogP contribution in [0.5, 0.6) is 0 Å². The molecule has 0 amide bonds. The van der Waals surface area contributed by atoms with Gasteiger partial charge in [0.25, 0.3) is 0 Å². The zero-order valence-electron chi connectivity index (χ0n) is 7.96. The Bertz CT molecular complexity index is 173. The van der Waals surface area contributed by atoms with Crippen molar-refractivity contribution in [3.63, 3.8) is 0 Å². The minimum atomic E-state index is -0.351. The molecule has 12 heavy (non-hydrogen) atoms. The third-order valence-electron chi connectivity index (χ3n) is 1.19. The normalized spacial score (nSPS) is 11.8. The number of carbonyl (C=O) groups excluding carboxylic acids is 1. The Morgan fingerprint density at radius 3 is 2.58 bits per heavy atom. The van der Waals surface area contributed by atoms with E-state index in [2.05, 4.69) is 0 Å². The zero-order valence-corrected chi connectivity index (χ0v) is 7.96. The molecule has 0 saturated carbocycles. The van der Waals surface area contributed by atoms with Gasteiger partial charge in [-0.05, 0) is 20.3 Å². The van der Waals surface area contributed by atoms with Crippen molar-refractivity contribution >= 4 is 5.97 Å².